The van der Waals surface area contributed by atoms with Gasteiger partial charge in [0.25, 0.3) is 0 Å². The smallest absolute Gasteiger partial charge is 0.416 e. The highest BCUT2D eigenvalue weighted by Crippen LogP contribution is 2.38. The number of aliphatic hydroxyl groups is 1. The van der Waals surface area contributed by atoms with Crippen LogP contribution in [0.5, 0.6) is 0 Å². The Morgan fingerprint density at radius 2 is 2.00 bits per heavy atom. The van der Waals surface area contributed by atoms with E-state index in [1.54, 1.807) is 48.3 Å². The summed E-state index contributed by atoms with van der Waals surface area (Å²) in [6, 6.07) is 8.61. The lowest BCUT2D eigenvalue weighted by atomic mass is 10.0. The summed E-state index contributed by atoms with van der Waals surface area (Å²) in [4.78, 5) is 20.8. The van der Waals surface area contributed by atoms with E-state index in [0.717, 1.165) is 12.1 Å². The molecule has 4 rings (SSSR count). The summed E-state index contributed by atoms with van der Waals surface area (Å²) in [7, 11) is 1.72. The van der Waals surface area contributed by atoms with Crippen molar-refractivity contribution in [2.45, 2.75) is 51.0 Å². The molecule has 1 fully saturated rings. The van der Waals surface area contributed by atoms with E-state index in [1.807, 2.05) is 13.8 Å². The Morgan fingerprint density at radius 3 is 2.67 bits per heavy atom. The number of pyridine rings is 1. The SMILES string of the molecule is CNc1cc(-c2nc(C(C)C)n(C=C[C@@H]3C[C@@H](O)CC(=O)O3)c2-c2cccc(C(F)(F)F)c2)ccn1. The van der Waals surface area contributed by atoms with Gasteiger partial charge in [0.1, 0.15) is 17.7 Å². The van der Waals surface area contributed by atoms with Crippen molar-refractivity contribution in [2.24, 2.45) is 0 Å². The Morgan fingerprint density at radius 1 is 1.22 bits per heavy atom. The van der Waals surface area contributed by atoms with Crippen LogP contribution in [0.3, 0.4) is 0 Å². The average molecular weight is 501 g/mol. The van der Waals surface area contributed by atoms with E-state index in [0.29, 0.717) is 34.2 Å². The number of cyclic esters (lactones) is 1. The second-order valence-electron chi connectivity index (χ2n) is 8.91. The van der Waals surface area contributed by atoms with Crippen molar-refractivity contribution < 1.29 is 27.8 Å². The number of esters is 1. The van der Waals surface area contributed by atoms with Gasteiger partial charge in [0.2, 0.25) is 0 Å². The van der Waals surface area contributed by atoms with Crippen molar-refractivity contribution in [3.63, 3.8) is 0 Å². The standard InChI is InChI=1S/C26H27F3N4O3/c1-15(2)25-32-23(16-7-9-31-21(12-16)30-3)24(17-5-4-6-18(11-17)26(27,28)29)33(25)10-8-20-13-19(34)14-22(35)36-20/h4-12,15,19-20,34H,13-14H2,1-3H3,(H,30,31)/t19-,20-/m1/s1. The quantitative estimate of drug-likeness (QED) is 0.445. The van der Waals surface area contributed by atoms with Gasteiger partial charge in [-0.25, -0.2) is 9.97 Å². The van der Waals surface area contributed by atoms with Crippen LogP contribution in [0.25, 0.3) is 28.7 Å². The first-order valence-corrected chi connectivity index (χ1v) is 11.6. The Balaban J connectivity index is 1.93. The molecule has 3 aromatic rings. The second kappa shape index (κ2) is 10.1. The lowest BCUT2D eigenvalue weighted by Gasteiger charge is -2.23. The second-order valence-corrected chi connectivity index (χ2v) is 8.91. The molecule has 1 aliphatic rings. The lowest BCUT2D eigenvalue weighted by Crippen LogP contribution is -2.31. The van der Waals surface area contributed by atoms with E-state index in [1.165, 1.54) is 6.07 Å². The molecule has 1 aromatic carbocycles. The average Bonchev–Trinajstić information content (AvgIpc) is 3.21. The van der Waals surface area contributed by atoms with Gasteiger partial charge in [-0.3, -0.25) is 4.79 Å². The highest BCUT2D eigenvalue weighted by molar-refractivity contribution is 5.82. The predicted molar refractivity (Wildman–Crippen MR) is 130 cm³/mol. The number of carbonyl (C=O) groups excluding carboxylic acids is 1. The molecule has 36 heavy (non-hydrogen) atoms. The summed E-state index contributed by atoms with van der Waals surface area (Å²) < 4.78 is 47.8. The largest absolute Gasteiger partial charge is 0.458 e. The van der Waals surface area contributed by atoms with E-state index in [-0.39, 0.29) is 18.8 Å². The molecule has 0 unspecified atom stereocenters. The van der Waals surface area contributed by atoms with E-state index < -0.39 is 29.9 Å². The zero-order valence-electron chi connectivity index (χ0n) is 20.1. The van der Waals surface area contributed by atoms with Crippen LogP contribution in [0.4, 0.5) is 19.0 Å². The molecule has 0 amide bonds. The van der Waals surface area contributed by atoms with Crippen LogP contribution in [0.15, 0.2) is 48.7 Å². The molecular weight excluding hydrogens is 473 g/mol. The fourth-order valence-corrected chi connectivity index (χ4v) is 4.15. The molecule has 0 saturated carbocycles. The number of carbonyl (C=O) groups is 1. The minimum absolute atomic E-state index is 0.0673. The number of hydrogen-bond acceptors (Lipinski definition) is 6. The highest BCUT2D eigenvalue weighted by atomic mass is 19.4. The molecule has 2 N–H and O–H groups in total. The lowest BCUT2D eigenvalue weighted by molar-refractivity contribution is -0.156. The van der Waals surface area contributed by atoms with Crippen molar-refractivity contribution in [1.82, 2.24) is 14.5 Å². The van der Waals surface area contributed by atoms with Crippen LogP contribution in [-0.2, 0) is 15.7 Å². The predicted octanol–water partition coefficient (Wildman–Crippen LogP) is 5.33. The van der Waals surface area contributed by atoms with Gasteiger partial charge in [0, 0.05) is 42.9 Å². The van der Waals surface area contributed by atoms with Crippen molar-refractivity contribution in [3.05, 3.63) is 60.1 Å². The Hall–Kier alpha value is -3.66. The summed E-state index contributed by atoms with van der Waals surface area (Å²) in [5.41, 5.74) is 1.17. The maximum absolute atomic E-state index is 13.6. The van der Waals surface area contributed by atoms with Crippen molar-refractivity contribution >= 4 is 18.0 Å². The van der Waals surface area contributed by atoms with Crippen molar-refractivity contribution in [2.75, 3.05) is 12.4 Å². The fourth-order valence-electron chi connectivity index (χ4n) is 4.15. The maximum atomic E-state index is 13.6. The van der Waals surface area contributed by atoms with Crippen LogP contribution >= 0.6 is 0 Å². The minimum atomic E-state index is -4.51. The molecule has 1 aliphatic heterocycles. The molecule has 190 valence electrons. The number of hydrogen-bond donors (Lipinski definition) is 2. The number of rotatable bonds is 6. The number of aliphatic hydroxyl groups excluding tert-OH is 1. The van der Waals surface area contributed by atoms with Gasteiger partial charge in [-0.05, 0) is 30.3 Å². The van der Waals surface area contributed by atoms with Crippen LogP contribution < -0.4 is 5.32 Å². The number of nitrogens with one attached hydrogen (secondary N) is 1. The van der Waals surface area contributed by atoms with Crippen LogP contribution in [0.1, 0.15) is 44.0 Å². The van der Waals surface area contributed by atoms with Crippen LogP contribution in [-0.4, -0.2) is 44.9 Å². The van der Waals surface area contributed by atoms with Crippen LogP contribution in [0.2, 0.25) is 0 Å². The number of imidazole rings is 1. The van der Waals surface area contributed by atoms with Crippen molar-refractivity contribution in [3.8, 4) is 22.5 Å². The third kappa shape index (κ3) is 5.43. The molecular formula is C26H27F3N4O3. The van der Waals surface area contributed by atoms with E-state index in [9.17, 15) is 23.1 Å². The van der Waals surface area contributed by atoms with Crippen LogP contribution in [0, 0.1) is 0 Å². The summed E-state index contributed by atoms with van der Waals surface area (Å²) in [5.74, 6) is 0.604. The topological polar surface area (TPSA) is 89.3 Å². The summed E-state index contributed by atoms with van der Waals surface area (Å²) in [6.07, 6.45) is -0.957. The summed E-state index contributed by atoms with van der Waals surface area (Å²) >= 11 is 0. The number of anilines is 1. The molecule has 0 radical (unpaired) electrons. The molecule has 2 atom stereocenters. The zero-order valence-corrected chi connectivity index (χ0v) is 20.1. The number of alkyl halides is 3. The van der Waals surface area contributed by atoms with Gasteiger partial charge in [0.05, 0.1) is 29.5 Å². The van der Waals surface area contributed by atoms with Crippen molar-refractivity contribution in [1.29, 1.82) is 0 Å². The molecule has 2 aromatic heterocycles. The van der Waals surface area contributed by atoms with Gasteiger partial charge < -0.3 is 19.7 Å². The molecule has 1 saturated heterocycles. The van der Waals surface area contributed by atoms with E-state index in [2.05, 4.69) is 10.3 Å². The minimum Gasteiger partial charge on any atom is -0.458 e. The number of halogens is 3. The molecule has 10 heteroatoms. The first-order chi connectivity index (χ1) is 17.1. The third-order valence-electron chi connectivity index (χ3n) is 5.85. The Kier molecular flexibility index (Phi) is 7.16. The number of aromatic nitrogens is 3. The summed E-state index contributed by atoms with van der Waals surface area (Å²) in [6.45, 7) is 3.87. The Labute approximate surface area is 206 Å². The molecule has 7 nitrogen and oxygen atoms in total. The molecule has 0 aliphatic carbocycles. The number of ether oxygens (including phenoxy) is 1. The zero-order chi connectivity index (χ0) is 26.0. The summed E-state index contributed by atoms with van der Waals surface area (Å²) in [5, 5.41) is 12.9. The highest BCUT2D eigenvalue weighted by Gasteiger charge is 2.32. The van der Waals surface area contributed by atoms with E-state index in [4.69, 9.17) is 9.72 Å². The molecule has 3 heterocycles. The number of nitrogens with zero attached hydrogens (tertiary/aromatic N) is 3. The monoisotopic (exact) mass is 500 g/mol. The molecule has 0 spiro atoms. The maximum Gasteiger partial charge on any atom is 0.416 e. The fraction of sp³-hybridized carbons (Fsp3) is 0.346. The van der Waals surface area contributed by atoms with Gasteiger partial charge in [0.15, 0.2) is 0 Å². The van der Waals surface area contributed by atoms with E-state index >= 15 is 0 Å². The normalized spacial score (nSPS) is 18.6. The first kappa shape index (κ1) is 25.4. The van der Waals surface area contributed by atoms with Gasteiger partial charge >= 0.3 is 12.1 Å². The van der Waals surface area contributed by atoms with Gasteiger partial charge in [-0.1, -0.05) is 26.0 Å². The first-order valence-electron chi connectivity index (χ1n) is 11.6. The molecule has 0 bridgehead atoms. The van der Waals surface area contributed by atoms with Gasteiger partial charge in [-0.2, -0.15) is 13.2 Å². The third-order valence-corrected chi connectivity index (χ3v) is 5.85. The number of benzene rings is 1. The van der Waals surface area contributed by atoms with Gasteiger partial charge in [-0.15, -0.1) is 0 Å². The Bertz CT molecular complexity index is 1280.